The van der Waals surface area contributed by atoms with Crippen molar-refractivity contribution in [1.82, 2.24) is 0 Å². The van der Waals surface area contributed by atoms with E-state index >= 15 is 0 Å². The SMILES string of the molecule is CC(O)CNc1ccc(Br)cc1[N+](=O)[O-]. The van der Waals surface area contributed by atoms with Crippen LogP contribution in [-0.2, 0) is 0 Å². The molecule has 15 heavy (non-hydrogen) atoms. The molecule has 0 spiro atoms. The van der Waals surface area contributed by atoms with Crippen LogP contribution in [-0.4, -0.2) is 22.7 Å². The lowest BCUT2D eigenvalue weighted by molar-refractivity contribution is -0.384. The zero-order valence-corrected chi connectivity index (χ0v) is 9.69. The molecule has 1 unspecified atom stereocenters. The Balaban J connectivity index is 2.91. The first-order valence-corrected chi connectivity index (χ1v) is 5.16. The maximum atomic E-state index is 10.7. The van der Waals surface area contributed by atoms with Crippen LogP contribution in [0.1, 0.15) is 6.92 Å². The van der Waals surface area contributed by atoms with Crippen LogP contribution in [0.2, 0.25) is 0 Å². The summed E-state index contributed by atoms with van der Waals surface area (Å²) in [6, 6.07) is 4.73. The Kier molecular flexibility index (Phi) is 4.05. The summed E-state index contributed by atoms with van der Waals surface area (Å²) in [5, 5.41) is 22.6. The van der Waals surface area contributed by atoms with E-state index in [1.165, 1.54) is 6.07 Å². The molecule has 0 saturated carbocycles. The van der Waals surface area contributed by atoms with Gasteiger partial charge in [-0.25, -0.2) is 0 Å². The molecule has 0 aliphatic rings. The zero-order chi connectivity index (χ0) is 11.4. The monoisotopic (exact) mass is 274 g/mol. The Bertz CT molecular complexity index is 368. The van der Waals surface area contributed by atoms with E-state index in [2.05, 4.69) is 21.2 Å². The van der Waals surface area contributed by atoms with Gasteiger partial charge < -0.3 is 10.4 Å². The molecule has 0 aliphatic carbocycles. The van der Waals surface area contributed by atoms with Gasteiger partial charge in [-0.15, -0.1) is 0 Å². The number of nitrogens with one attached hydrogen (secondary N) is 1. The molecule has 0 fully saturated rings. The van der Waals surface area contributed by atoms with Gasteiger partial charge in [0.2, 0.25) is 0 Å². The summed E-state index contributed by atoms with van der Waals surface area (Å²) in [5.41, 5.74) is 0.397. The van der Waals surface area contributed by atoms with Crippen molar-refractivity contribution in [3.8, 4) is 0 Å². The van der Waals surface area contributed by atoms with Gasteiger partial charge >= 0.3 is 0 Å². The first-order chi connectivity index (χ1) is 7.00. The summed E-state index contributed by atoms with van der Waals surface area (Å²) in [4.78, 5) is 10.2. The van der Waals surface area contributed by atoms with Crippen LogP contribution >= 0.6 is 15.9 Å². The van der Waals surface area contributed by atoms with Crippen molar-refractivity contribution in [2.75, 3.05) is 11.9 Å². The van der Waals surface area contributed by atoms with Gasteiger partial charge in [-0.2, -0.15) is 0 Å². The van der Waals surface area contributed by atoms with Crippen LogP contribution in [0, 0.1) is 10.1 Å². The second-order valence-electron chi connectivity index (χ2n) is 3.15. The van der Waals surface area contributed by atoms with E-state index in [0.717, 1.165) is 0 Å². The lowest BCUT2D eigenvalue weighted by atomic mass is 10.2. The van der Waals surface area contributed by atoms with E-state index in [9.17, 15) is 10.1 Å². The molecule has 0 aliphatic heterocycles. The number of nitro benzene ring substituents is 1. The second kappa shape index (κ2) is 5.09. The van der Waals surface area contributed by atoms with Crippen LogP contribution in [0.5, 0.6) is 0 Å². The third-order valence-corrected chi connectivity index (χ3v) is 2.24. The molecule has 82 valence electrons. The topological polar surface area (TPSA) is 75.4 Å². The number of rotatable bonds is 4. The summed E-state index contributed by atoms with van der Waals surface area (Å²) in [7, 11) is 0. The largest absolute Gasteiger partial charge is 0.392 e. The number of aliphatic hydroxyl groups excluding tert-OH is 1. The molecule has 0 radical (unpaired) electrons. The van der Waals surface area contributed by atoms with E-state index in [-0.39, 0.29) is 12.2 Å². The van der Waals surface area contributed by atoms with Crippen molar-refractivity contribution in [3.05, 3.63) is 32.8 Å². The fraction of sp³-hybridized carbons (Fsp3) is 0.333. The van der Waals surface area contributed by atoms with Gasteiger partial charge in [0, 0.05) is 17.1 Å². The number of halogens is 1. The average Bonchev–Trinajstić information content (AvgIpc) is 2.15. The molecular weight excluding hydrogens is 264 g/mol. The minimum atomic E-state index is -0.548. The molecule has 6 heteroatoms. The van der Waals surface area contributed by atoms with Gasteiger partial charge in [-0.05, 0) is 19.1 Å². The van der Waals surface area contributed by atoms with E-state index in [1.807, 2.05) is 0 Å². The normalized spacial score (nSPS) is 12.2. The quantitative estimate of drug-likeness (QED) is 0.652. The summed E-state index contributed by atoms with van der Waals surface area (Å²) < 4.78 is 0.650. The molecule has 1 rings (SSSR count). The summed E-state index contributed by atoms with van der Waals surface area (Å²) in [6.07, 6.45) is -0.548. The van der Waals surface area contributed by atoms with Gasteiger partial charge in [-0.1, -0.05) is 15.9 Å². The lowest BCUT2D eigenvalue weighted by Crippen LogP contribution is -2.15. The molecule has 1 atom stereocenters. The second-order valence-corrected chi connectivity index (χ2v) is 4.06. The first kappa shape index (κ1) is 11.9. The van der Waals surface area contributed by atoms with Gasteiger partial charge in [-0.3, -0.25) is 10.1 Å². The number of nitro groups is 1. The fourth-order valence-electron chi connectivity index (χ4n) is 1.06. The van der Waals surface area contributed by atoms with Crippen LogP contribution in [0.15, 0.2) is 22.7 Å². The van der Waals surface area contributed by atoms with Crippen molar-refractivity contribution in [2.45, 2.75) is 13.0 Å². The number of benzene rings is 1. The van der Waals surface area contributed by atoms with E-state index in [1.54, 1.807) is 19.1 Å². The standard InChI is InChI=1S/C9H11BrN2O3/c1-6(13)5-11-8-3-2-7(10)4-9(8)12(14)15/h2-4,6,11,13H,5H2,1H3. The Morgan fingerprint density at radius 2 is 2.33 bits per heavy atom. The van der Waals surface area contributed by atoms with Crippen LogP contribution < -0.4 is 5.32 Å². The van der Waals surface area contributed by atoms with Crippen LogP contribution in [0.3, 0.4) is 0 Å². The van der Waals surface area contributed by atoms with Gasteiger partial charge in [0.15, 0.2) is 0 Å². The Morgan fingerprint density at radius 1 is 1.67 bits per heavy atom. The van der Waals surface area contributed by atoms with Crippen molar-refractivity contribution >= 4 is 27.3 Å². The smallest absolute Gasteiger partial charge is 0.293 e. The van der Waals surface area contributed by atoms with E-state index in [4.69, 9.17) is 5.11 Å². The van der Waals surface area contributed by atoms with Gasteiger partial charge in [0.25, 0.3) is 5.69 Å². The molecule has 0 heterocycles. The van der Waals surface area contributed by atoms with Crippen LogP contribution in [0.4, 0.5) is 11.4 Å². The number of aliphatic hydroxyl groups is 1. The minimum absolute atomic E-state index is 0.00924. The molecule has 0 bridgehead atoms. The average molecular weight is 275 g/mol. The third kappa shape index (κ3) is 3.49. The highest BCUT2D eigenvalue weighted by molar-refractivity contribution is 9.10. The third-order valence-electron chi connectivity index (χ3n) is 1.74. The predicted molar refractivity (Wildman–Crippen MR) is 61.0 cm³/mol. The Labute approximate surface area is 95.4 Å². The van der Waals surface area contributed by atoms with Crippen molar-refractivity contribution in [3.63, 3.8) is 0 Å². The number of anilines is 1. The zero-order valence-electron chi connectivity index (χ0n) is 8.11. The first-order valence-electron chi connectivity index (χ1n) is 4.36. The number of nitrogens with zero attached hydrogens (tertiary/aromatic N) is 1. The Morgan fingerprint density at radius 3 is 2.87 bits per heavy atom. The van der Waals surface area contributed by atoms with Crippen molar-refractivity contribution in [2.24, 2.45) is 0 Å². The highest BCUT2D eigenvalue weighted by Crippen LogP contribution is 2.27. The lowest BCUT2D eigenvalue weighted by Gasteiger charge is -2.08. The molecule has 0 amide bonds. The van der Waals surface area contributed by atoms with E-state index in [0.29, 0.717) is 10.2 Å². The van der Waals surface area contributed by atoms with Crippen molar-refractivity contribution in [1.29, 1.82) is 0 Å². The Hall–Kier alpha value is -1.14. The molecule has 0 saturated heterocycles. The van der Waals surface area contributed by atoms with Gasteiger partial charge in [0.1, 0.15) is 5.69 Å². The number of hydrogen-bond donors (Lipinski definition) is 2. The summed E-state index contributed by atoms with van der Waals surface area (Å²) in [6.45, 7) is 1.89. The van der Waals surface area contributed by atoms with E-state index < -0.39 is 11.0 Å². The highest BCUT2D eigenvalue weighted by Gasteiger charge is 2.13. The molecule has 0 aromatic heterocycles. The number of hydrogen-bond acceptors (Lipinski definition) is 4. The maximum absolute atomic E-state index is 10.7. The minimum Gasteiger partial charge on any atom is -0.392 e. The summed E-state index contributed by atoms with van der Waals surface area (Å²) in [5.74, 6) is 0. The molecule has 1 aromatic rings. The molecule has 2 N–H and O–H groups in total. The molecular formula is C9H11BrN2O3. The molecule has 5 nitrogen and oxygen atoms in total. The highest BCUT2D eigenvalue weighted by atomic mass is 79.9. The predicted octanol–water partition coefficient (Wildman–Crippen LogP) is 2.15. The maximum Gasteiger partial charge on any atom is 0.293 e. The van der Waals surface area contributed by atoms with Gasteiger partial charge in [0.05, 0.1) is 11.0 Å². The summed E-state index contributed by atoms with van der Waals surface area (Å²) >= 11 is 3.16. The fourth-order valence-corrected chi connectivity index (χ4v) is 1.41. The molecule has 1 aromatic carbocycles. The van der Waals surface area contributed by atoms with Crippen LogP contribution in [0.25, 0.3) is 0 Å². The van der Waals surface area contributed by atoms with Crippen molar-refractivity contribution < 1.29 is 10.0 Å².